The maximum absolute atomic E-state index is 8.78. The SMILES string of the molecule is Cc1cc(-c2[c-]cccc2)nc[c]1[Ge]([CH3])([CH3])[CH3].[2H]C([2H])(c1ccnc(-c2[c-]ccc3c2oc2cc(-c4ccccc4)ccc23)c1)C1CCCC1.[Ir]. The first kappa shape index (κ1) is 32.4. The number of benzene rings is 4. The Labute approximate surface area is 309 Å². The van der Waals surface area contributed by atoms with E-state index in [0.717, 1.165) is 75.6 Å². The van der Waals surface area contributed by atoms with Gasteiger partial charge in [-0.15, -0.1) is 18.2 Å². The molecule has 1 fully saturated rings. The quantitative estimate of drug-likeness (QED) is 0.123. The first-order chi connectivity index (χ1) is 24.1. The van der Waals surface area contributed by atoms with Gasteiger partial charge in [0.05, 0.1) is 5.58 Å². The molecule has 0 aliphatic heterocycles. The maximum Gasteiger partial charge on any atom is 0.121 e. The van der Waals surface area contributed by atoms with Gasteiger partial charge in [-0.3, -0.25) is 0 Å². The fraction of sp³-hybridized carbons (Fsp3) is 0.227. The van der Waals surface area contributed by atoms with Crippen LogP contribution >= 0.6 is 0 Å². The molecule has 7 aromatic rings. The van der Waals surface area contributed by atoms with Crippen LogP contribution in [0.15, 0.2) is 120 Å². The van der Waals surface area contributed by atoms with Crippen LogP contribution in [0.25, 0.3) is 55.6 Å². The van der Waals surface area contributed by atoms with Crippen LogP contribution in [0.3, 0.4) is 0 Å². The number of aryl methyl sites for hydroxylation is 1. The number of aromatic nitrogens is 2. The van der Waals surface area contributed by atoms with Crippen LogP contribution < -0.4 is 4.40 Å². The van der Waals surface area contributed by atoms with Crippen molar-refractivity contribution >= 4 is 39.6 Å². The predicted octanol–water partition coefficient (Wildman–Crippen LogP) is 11.2. The molecule has 1 radical (unpaired) electrons. The Bertz CT molecular complexity index is 2260. The second-order valence-electron chi connectivity index (χ2n) is 13.7. The summed E-state index contributed by atoms with van der Waals surface area (Å²) in [6, 6.07) is 40.9. The largest absolute Gasteiger partial charge is 0.501 e. The van der Waals surface area contributed by atoms with Crippen LogP contribution in [0.4, 0.5) is 0 Å². The molecule has 1 aliphatic rings. The van der Waals surface area contributed by atoms with Gasteiger partial charge in [-0.25, -0.2) is 0 Å². The van der Waals surface area contributed by atoms with E-state index in [4.69, 9.17) is 7.16 Å². The summed E-state index contributed by atoms with van der Waals surface area (Å²) < 4.78 is 25.4. The Hall–Kier alpha value is -3.83. The molecular formula is C44H42GeIrN2O-2. The Morgan fingerprint density at radius 3 is 2.33 bits per heavy atom. The van der Waals surface area contributed by atoms with E-state index >= 15 is 0 Å². The van der Waals surface area contributed by atoms with E-state index in [9.17, 15) is 0 Å². The number of fused-ring (bicyclic) bond motifs is 3. The molecule has 0 amide bonds. The molecule has 0 atom stereocenters. The number of hydrogen-bond donors (Lipinski definition) is 0. The molecule has 49 heavy (non-hydrogen) atoms. The van der Waals surface area contributed by atoms with Crippen molar-refractivity contribution < 1.29 is 27.3 Å². The molecule has 3 nitrogen and oxygen atoms in total. The van der Waals surface area contributed by atoms with Gasteiger partial charge in [0.15, 0.2) is 0 Å². The van der Waals surface area contributed by atoms with Gasteiger partial charge < -0.3 is 9.40 Å². The molecule has 1 saturated carbocycles. The summed E-state index contributed by atoms with van der Waals surface area (Å²) in [5.41, 5.74) is 9.45. The Kier molecular flexibility index (Phi) is 10.2. The van der Waals surface area contributed by atoms with E-state index in [2.05, 4.69) is 95.0 Å². The molecule has 4 aromatic carbocycles. The normalized spacial score (nSPS) is 14.1. The van der Waals surface area contributed by atoms with Crippen LogP contribution in [0.5, 0.6) is 0 Å². The Balaban J connectivity index is 0.000000211. The van der Waals surface area contributed by atoms with Gasteiger partial charge >= 0.3 is 106 Å². The van der Waals surface area contributed by atoms with Crippen molar-refractivity contribution in [3.05, 3.63) is 139 Å². The van der Waals surface area contributed by atoms with Gasteiger partial charge in [0.2, 0.25) is 0 Å². The Morgan fingerprint density at radius 1 is 0.796 bits per heavy atom. The third kappa shape index (κ3) is 7.99. The summed E-state index contributed by atoms with van der Waals surface area (Å²) in [5, 5.41) is 2.07. The molecule has 0 saturated heterocycles. The van der Waals surface area contributed by atoms with Gasteiger partial charge in [0.1, 0.15) is 5.58 Å². The van der Waals surface area contributed by atoms with Gasteiger partial charge in [0, 0.05) is 34.4 Å². The fourth-order valence-electron chi connectivity index (χ4n) is 6.75. The summed E-state index contributed by atoms with van der Waals surface area (Å²) in [6.07, 6.45) is 6.53. The zero-order chi connectivity index (χ0) is 34.9. The fourth-order valence-corrected chi connectivity index (χ4v) is 10.3. The summed E-state index contributed by atoms with van der Waals surface area (Å²) in [7, 11) is 0. The minimum absolute atomic E-state index is 0. The maximum atomic E-state index is 8.78. The third-order valence-corrected chi connectivity index (χ3v) is 13.7. The second-order valence-corrected chi connectivity index (χ2v) is 24.3. The van der Waals surface area contributed by atoms with Gasteiger partial charge in [-0.05, 0) is 41.2 Å². The summed E-state index contributed by atoms with van der Waals surface area (Å²) in [5.74, 6) is 7.27. The van der Waals surface area contributed by atoms with Crippen molar-refractivity contribution in [2.75, 3.05) is 0 Å². The number of rotatable bonds is 6. The monoisotopic (exact) mass is 883 g/mol. The molecule has 249 valence electrons. The van der Waals surface area contributed by atoms with Crippen LogP contribution in [-0.2, 0) is 26.5 Å². The first-order valence-corrected chi connectivity index (χ1v) is 24.3. The van der Waals surface area contributed by atoms with E-state index in [0.29, 0.717) is 11.3 Å². The standard InChI is InChI=1S/C29H24NO.C15H18GeN.Ir/c1-2-9-22(10-3-1)23-13-14-24-25-11-6-12-26(29(25)31-28(24)19-23)27-18-21(15-16-30-27)17-20-7-4-5-8-20;1-12-10-15(13-8-6-5-7-9-13)17-11-14(12)16(2,3)4;/h1-3,6,9-11,13-16,18-20H,4-5,7-8,17H2;5-8,10-11H,1-4H3;/q2*-1;/i17D2;;. The molecule has 3 aromatic heterocycles. The van der Waals surface area contributed by atoms with Gasteiger partial charge in [-0.1, -0.05) is 90.7 Å². The van der Waals surface area contributed by atoms with E-state index in [-0.39, 0.29) is 26.0 Å². The van der Waals surface area contributed by atoms with E-state index in [1.54, 1.807) is 6.20 Å². The molecule has 1 aliphatic carbocycles. The average molecular weight is 882 g/mol. The molecule has 5 heteroatoms. The van der Waals surface area contributed by atoms with Crippen molar-refractivity contribution in [1.29, 1.82) is 0 Å². The van der Waals surface area contributed by atoms with E-state index < -0.39 is 19.6 Å². The van der Waals surface area contributed by atoms with Crippen LogP contribution in [0, 0.1) is 25.0 Å². The topological polar surface area (TPSA) is 38.9 Å². The molecule has 8 rings (SSSR count). The van der Waals surface area contributed by atoms with Crippen LogP contribution in [0.2, 0.25) is 17.3 Å². The summed E-state index contributed by atoms with van der Waals surface area (Å²) in [4.78, 5) is 9.17. The van der Waals surface area contributed by atoms with Crippen molar-refractivity contribution in [3.8, 4) is 33.6 Å². The molecular weight excluding hydrogens is 837 g/mol. The smallest absolute Gasteiger partial charge is 0.121 e. The number of hydrogen-bond acceptors (Lipinski definition) is 3. The number of pyridine rings is 2. The minimum atomic E-state index is -1.77. The zero-order valence-corrected chi connectivity index (χ0v) is 33.0. The predicted molar refractivity (Wildman–Crippen MR) is 203 cm³/mol. The molecule has 3 heterocycles. The van der Waals surface area contributed by atoms with Crippen molar-refractivity contribution in [2.45, 2.75) is 56.2 Å². The summed E-state index contributed by atoms with van der Waals surface area (Å²) in [6.45, 7) is 2.19. The molecule has 0 unspecified atom stereocenters. The molecule has 0 bridgehead atoms. The van der Waals surface area contributed by atoms with Crippen molar-refractivity contribution in [3.63, 3.8) is 0 Å². The van der Waals surface area contributed by atoms with Crippen molar-refractivity contribution in [2.24, 2.45) is 5.92 Å². The van der Waals surface area contributed by atoms with Crippen molar-refractivity contribution in [1.82, 2.24) is 9.97 Å². The second kappa shape index (κ2) is 15.4. The zero-order valence-electron chi connectivity index (χ0n) is 30.5. The Morgan fingerprint density at radius 2 is 1.59 bits per heavy atom. The van der Waals surface area contributed by atoms with Gasteiger partial charge in [0.25, 0.3) is 0 Å². The minimum Gasteiger partial charge on any atom is -0.501 e. The molecule has 0 spiro atoms. The van der Waals surface area contributed by atoms with E-state index in [1.807, 2.05) is 60.7 Å². The van der Waals surface area contributed by atoms with Crippen LogP contribution in [-0.4, -0.2) is 23.2 Å². The first-order valence-electron chi connectivity index (χ1n) is 17.9. The van der Waals surface area contributed by atoms with Gasteiger partial charge in [-0.2, -0.15) is 0 Å². The number of furan rings is 1. The van der Waals surface area contributed by atoms with Crippen LogP contribution in [0.1, 0.15) is 39.6 Å². The third-order valence-electron chi connectivity index (χ3n) is 9.19. The molecule has 0 N–H and O–H groups in total. The van der Waals surface area contributed by atoms with E-state index in [1.165, 1.54) is 9.96 Å². The average Bonchev–Trinajstić information content (AvgIpc) is 3.81. The number of nitrogens with zero attached hydrogens (tertiary/aromatic N) is 2. The summed E-state index contributed by atoms with van der Waals surface area (Å²) >= 11 is -1.77.